The van der Waals surface area contributed by atoms with E-state index in [1.165, 1.54) is 18.2 Å². The summed E-state index contributed by atoms with van der Waals surface area (Å²) < 4.78 is 10.6. The van der Waals surface area contributed by atoms with Gasteiger partial charge in [0, 0.05) is 6.07 Å². The third kappa shape index (κ3) is 4.27. The first-order valence-corrected chi connectivity index (χ1v) is 6.33. The largest absolute Gasteiger partial charge is 0.460 e. The Labute approximate surface area is 121 Å². The number of nitro benzene ring substituents is 1. The lowest BCUT2D eigenvalue weighted by Gasteiger charge is -2.09. The summed E-state index contributed by atoms with van der Waals surface area (Å²) in [6.45, 7) is 0.0399. The first-order valence-electron chi connectivity index (χ1n) is 6.33. The van der Waals surface area contributed by atoms with Gasteiger partial charge in [-0.05, 0) is 23.3 Å². The first kappa shape index (κ1) is 15.0. The monoisotopic (exact) mass is 289 g/mol. The van der Waals surface area contributed by atoms with Gasteiger partial charge in [-0.15, -0.1) is 0 Å². The normalized spacial score (nSPS) is 10.3. The van der Waals surface area contributed by atoms with Crippen LogP contribution in [0.5, 0.6) is 5.75 Å². The molecule has 0 atom stereocenters. The molecule has 0 amide bonds. The molecule has 0 aromatic heterocycles. The maximum Gasteiger partial charge on any atom is 0.311 e. The Kier molecular flexibility index (Phi) is 5.25. The van der Waals surface area contributed by atoms with Crippen LogP contribution in [0.15, 0.2) is 48.5 Å². The molecule has 21 heavy (non-hydrogen) atoms. The minimum Gasteiger partial charge on any atom is -0.460 e. The van der Waals surface area contributed by atoms with Crippen LogP contribution < -0.4 is 4.74 Å². The summed E-state index contributed by atoms with van der Waals surface area (Å²) in [5, 5.41) is 20.0. The molecule has 2 rings (SSSR count). The van der Waals surface area contributed by atoms with Crippen LogP contribution in [0, 0.1) is 10.1 Å². The van der Waals surface area contributed by atoms with Crippen molar-refractivity contribution in [3.8, 4) is 5.75 Å². The Hall–Kier alpha value is -2.44. The molecule has 0 radical (unpaired) electrons. The van der Waals surface area contributed by atoms with E-state index >= 15 is 0 Å². The van der Waals surface area contributed by atoms with Crippen LogP contribution in [0.4, 0.5) is 5.69 Å². The van der Waals surface area contributed by atoms with Gasteiger partial charge >= 0.3 is 5.69 Å². The van der Waals surface area contributed by atoms with Crippen LogP contribution in [0.1, 0.15) is 11.1 Å². The highest BCUT2D eigenvalue weighted by molar-refractivity contribution is 5.48. The first-order chi connectivity index (χ1) is 10.2. The predicted octanol–water partition coefficient (Wildman–Crippen LogP) is 2.64. The topological polar surface area (TPSA) is 81.8 Å². The molecular weight excluding hydrogens is 274 g/mol. The number of aliphatic hydroxyl groups is 1. The Bertz CT molecular complexity index is 600. The number of nitro groups is 1. The number of rotatable bonds is 7. The highest BCUT2D eigenvalue weighted by Gasteiger charge is 2.15. The van der Waals surface area contributed by atoms with Gasteiger partial charge in [0.1, 0.15) is 0 Å². The fourth-order valence-electron chi connectivity index (χ4n) is 1.76. The standard InChI is InChI=1S/C15H15NO5/c17-9-13-6-7-14(16(18)19)15(8-13)21-11-20-10-12-4-2-1-3-5-12/h1-8,17H,9-11H2. The number of benzene rings is 2. The fraction of sp³-hybridized carbons (Fsp3) is 0.200. The van der Waals surface area contributed by atoms with E-state index in [1.807, 2.05) is 30.3 Å². The van der Waals surface area contributed by atoms with E-state index in [4.69, 9.17) is 14.6 Å². The van der Waals surface area contributed by atoms with Crippen LogP contribution in [0.25, 0.3) is 0 Å². The SMILES string of the molecule is O=[N+]([O-])c1ccc(CO)cc1OCOCc1ccccc1. The maximum atomic E-state index is 10.9. The van der Waals surface area contributed by atoms with Crippen LogP contribution in [0.3, 0.4) is 0 Å². The average Bonchev–Trinajstić information content (AvgIpc) is 2.52. The number of nitrogens with zero attached hydrogens (tertiary/aromatic N) is 1. The predicted molar refractivity (Wildman–Crippen MR) is 75.7 cm³/mol. The molecule has 0 unspecified atom stereocenters. The van der Waals surface area contributed by atoms with Crippen molar-refractivity contribution in [1.82, 2.24) is 0 Å². The van der Waals surface area contributed by atoms with Crippen molar-refractivity contribution in [1.29, 1.82) is 0 Å². The second-order valence-electron chi connectivity index (χ2n) is 4.31. The summed E-state index contributed by atoms with van der Waals surface area (Å²) >= 11 is 0. The third-order valence-electron chi connectivity index (χ3n) is 2.81. The van der Waals surface area contributed by atoms with E-state index in [2.05, 4.69) is 0 Å². The molecule has 0 fully saturated rings. The highest BCUT2D eigenvalue weighted by atomic mass is 16.7. The van der Waals surface area contributed by atoms with Crippen molar-refractivity contribution in [3.63, 3.8) is 0 Å². The molecule has 6 heteroatoms. The van der Waals surface area contributed by atoms with E-state index < -0.39 is 4.92 Å². The van der Waals surface area contributed by atoms with Crippen LogP contribution in [-0.2, 0) is 18.0 Å². The Morgan fingerprint density at radius 2 is 1.86 bits per heavy atom. The maximum absolute atomic E-state index is 10.9. The van der Waals surface area contributed by atoms with Crippen molar-refractivity contribution < 1.29 is 19.5 Å². The summed E-state index contributed by atoms with van der Waals surface area (Å²) in [5.41, 5.74) is 1.37. The lowest BCUT2D eigenvalue weighted by Crippen LogP contribution is -2.05. The quantitative estimate of drug-likeness (QED) is 0.367. The molecule has 2 aromatic carbocycles. The van der Waals surface area contributed by atoms with Crippen LogP contribution in [-0.4, -0.2) is 16.8 Å². The molecule has 110 valence electrons. The van der Waals surface area contributed by atoms with E-state index in [0.717, 1.165) is 5.56 Å². The highest BCUT2D eigenvalue weighted by Crippen LogP contribution is 2.28. The number of ether oxygens (including phenoxy) is 2. The zero-order valence-electron chi connectivity index (χ0n) is 11.3. The minimum atomic E-state index is -0.534. The van der Waals surface area contributed by atoms with Crippen molar-refractivity contribution in [2.24, 2.45) is 0 Å². The molecule has 2 aromatic rings. The van der Waals surface area contributed by atoms with Gasteiger partial charge in [0.15, 0.2) is 12.5 Å². The average molecular weight is 289 g/mol. The smallest absolute Gasteiger partial charge is 0.311 e. The van der Waals surface area contributed by atoms with Crippen molar-refractivity contribution in [3.05, 3.63) is 69.8 Å². The molecule has 0 bridgehead atoms. The summed E-state index contributed by atoms with van der Waals surface area (Å²) in [4.78, 5) is 10.4. The summed E-state index contributed by atoms with van der Waals surface area (Å²) in [5.74, 6) is 0.0830. The van der Waals surface area contributed by atoms with Gasteiger partial charge in [0.05, 0.1) is 18.1 Å². The zero-order chi connectivity index (χ0) is 15.1. The van der Waals surface area contributed by atoms with Gasteiger partial charge in [0.25, 0.3) is 0 Å². The fourth-order valence-corrected chi connectivity index (χ4v) is 1.76. The second kappa shape index (κ2) is 7.37. The van der Waals surface area contributed by atoms with E-state index in [9.17, 15) is 10.1 Å². The van der Waals surface area contributed by atoms with Crippen LogP contribution >= 0.6 is 0 Å². The van der Waals surface area contributed by atoms with Crippen molar-refractivity contribution in [2.45, 2.75) is 13.2 Å². The Morgan fingerprint density at radius 3 is 2.52 bits per heavy atom. The van der Waals surface area contributed by atoms with Gasteiger partial charge in [0.2, 0.25) is 0 Å². The van der Waals surface area contributed by atoms with Crippen molar-refractivity contribution in [2.75, 3.05) is 6.79 Å². The number of aliphatic hydroxyl groups excluding tert-OH is 1. The zero-order valence-corrected chi connectivity index (χ0v) is 11.3. The lowest BCUT2D eigenvalue weighted by atomic mass is 10.2. The van der Waals surface area contributed by atoms with E-state index in [0.29, 0.717) is 12.2 Å². The molecular formula is C15H15NO5. The molecule has 0 heterocycles. The second-order valence-corrected chi connectivity index (χ2v) is 4.31. The molecule has 0 aliphatic heterocycles. The van der Waals surface area contributed by atoms with Crippen molar-refractivity contribution >= 4 is 5.69 Å². The summed E-state index contributed by atoms with van der Waals surface area (Å²) in [6, 6.07) is 13.7. The van der Waals surface area contributed by atoms with Gasteiger partial charge in [-0.3, -0.25) is 10.1 Å². The number of hydrogen-bond donors (Lipinski definition) is 1. The van der Waals surface area contributed by atoms with Crippen LogP contribution in [0.2, 0.25) is 0 Å². The van der Waals surface area contributed by atoms with E-state index in [-0.39, 0.29) is 24.8 Å². The van der Waals surface area contributed by atoms with Gasteiger partial charge in [-0.2, -0.15) is 0 Å². The minimum absolute atomic E-state index is 0.0830. The Balaban J connectivity index is 1.94. The molecule has 0 saturated carbocycles. The number of hydrogen-bond acceptors (Lipinski definition) is 5. The molecule has 1 N–H and O–H groups in total. The molecule has 6 nitrogen and oxygen atoms in total. The lowest BCUT2D eigenvalue weighted by molar-refractivity contribution is -0.386. The Morgan fingerprint density at radius 1 is 1.10 bits per heavy atom. The molecule has 0 saturated heterocycles. The molecule has 0 aliphatic rings. The molecule has 0 aliphatic carbocycles. The van der Waals surface area contributed by atoms with Gasteiger partial charge < -0.3 is 14.6 Å². The van der Waals surface area contributed by atoms with Gasteiger partial charge in [-0.1, -0.05) is 30.3 Å². The molecule has 0 spiro atoms. The van der Waals surface area contributed by atoms with E-state index in [1.54, 1.807) is 0 Å². The summed E-state index contributed by atoms with van der Waals surface area (Å²) in [6.07, 6.45) is 0. The van der Waals surface area contributed by atoms with Gasteiger partial charge in [-0.25, -0.2) is 0 Å². The summed E-state index contributed by atoms with van der Waals surface area (Å²) in [7, 11) is 0. The third-order valence-corrected chi connectivity index (χ3v) is 2.81.